The molecular formula is C10H16ClNOS. The molecule has 0 spiro atoms. The molecule has 1 rings (SSSR count). The van der Waals surface area contributed by atoms with Gasteiger partial charge in [0.25, 0.3) is 0 Å². The molecule has 0 amide bonds. The maximum Gasteiger partial charge on any atom is 0.0931 e. The molecule has 0 aliphatic rings. The Hall–Kier alpha value is -0.0900. The molecule has 1 unspecified atom stereocenters. The van der Waals surface area contributed by atoms with Crippen molar-refractivity contribution in [2.24, 2.45) is 5.92 Å². The Kier molecular flexibility index (Phi) is 5.48. The Balaban J connectivity index is 2.10. The first-order chi connectivity index (χ1) is 6.72. The van der Waals surface area contributed by atoms with Crippen LogP contribution in [0.2, 0.25) is 4.34 Å². The van der Waals surface area contributed by atoms with Gasteiger partial charge in [0, 0.05) is 11.5 Å². The molecule has 1 atom stereocenters. The third-order valence-corrected chi connectivity index (χ3v) is 3.27. The lowest BCUT2D eigenvalue weighted by Crippen LogP contribution is -2.25. The summed E-state index contributed by atoms with van der Waals surface area (Å²) in [5.41, 5.74) is 0. The van der Waals surface area contributed by atoms with Gasteiger partial charge in [-0.25, -0.2) is 0 Å². The lowest BCUT2D eigenvalue weighted by Gasteiger charge is -2.08. The van der Waals surface area contributed by atoms with Gasteiger partial charge in [0.05, 0.1) is 4.34 Å². The van der Waals surface area contributed by atoms with Crippen molar-refractivity contribution in [3.8, 4) is 0 Å². The summed E-state index contributed by atoms with van der Waals surface area (Å²) < 4.78 is 0.851. The van der Waals surface area contributed by atoms with Crippen LogP contribution < -0.4 is 5.32 Å². The Morgan fingerprint density at radius 2 is 2.36 bits per heavy atom. The van der Waals surface area contributed by atoms with Gasteiger partial charge in [-0.2, -0.15) is 0 Å². The van der Waals surface area contributed by atoms with E-state index in [1.165, 1.54) is 4.88 Å². The monoisotopic (exact) mass is 233 g/mol. The Morgan fingerprint density at radius 3 is 2.93 bits per heavy atom. The summed E-state index contributed by atoms with van der Waals surface area (Å²) in [7, 11) is 0. The number of hydrogen-bond donors (Lipinski definition) is 2. The standard InChI is InChI=1S/C10H16ClNOS/c1-8(7-13)6-12-5-4-9-2-3-10(11)14-9/h2-3,8,12-13H,4-7H2,1H3. The molecule has 0 aliphatic heterocycles. The number of rotatable bonds is 6. The first kappa shape index (κ1) is 12.0. The molecule has 0 aromatic carbocycles. The topological polar surface area (TPSA) is 32.3 Å². The van der Waals surface area contributed by atoms with E-state index in [0.717, 1.165) is 23.8 Å². The second-order valence-electron chi connectivity index (χ2n) is 3.45. The normalized spacial score (nSPS) is 13.1. The number of thiophene rings is 1. The first-order valence-corrected chi connectivity index (χ1v) is 5.97. The SMILES string of the molecule is CC(CO)CNCCc1ccc(Cl)s1. The highest BCUT2D eigenvalue weighted by atomic mass is 35.5. The zero-order valence-corrected chi connectivity index (χ0v) is 9.87. The summed E-state index contributed by atoms with van der Waals surface area (Å²) in [6, 6.07) is 3.99. The molecule has 0 saturated heterocycles. The fourth-order valence-corrected chi connectivity index (χ4v) is 2.20. The van der Waals surface area contributed by atoms with Crippen LogP contribution in [0.25, 0.3) is 0 Å². The third-order valence-electron chi connectivity index (χ3n) is 1.98. The van der Waals surface area contributed by atoms with Crippen molar-refractivity contribution in [1.29, 1.82) is 0 Å². The molecule has 2 N–H and O–H groups in total. The predicted molar refractivity (Wildman–Crippen MR) is 62.2 cm³/mol. The van der Waals surface area contributed by atoms with Gasteiger partial charge < -0.3 is 10.4 Å². The van der Waals surface area contributed by atoms with Gasteiger partial charge >= 0.3 is 0 Å². The van der Waals surface area contributed by atoms with Crippen LogP contribution in [0.1, 0.15) is 11.8 Å². The Morgan fingerprint density at radius 1 is 1.57 bits per heavy atom. The minimum Gasteiger partial charge on any atom is -0.396 e. The first-order valence-electron chi connectivity index (χ1n) is 4.78. The van der Waals surface area contributed by atoms with Crippen LogP contribution in [0.3, 0.4) is 0 Å². The van der Waals surface area contributed by atoms with Crippen LogP contribution in [0.5, 0.6) is 0 Å². The van der Waals surface area contributed by atoms with E-state index in [1.807, 2.05) is 13.0 Å². The molecule has 1 aromatic heterocycles. The van der Waals surface area contributed by atoms with Crippen LogP contribution in [0.15, 0.2) is 12.1 Å². The van der Waals surface area contributed by atoms with Crippen molar-refractivity contribution in [3.63, 3.8) is 0 Å². The zero-order chi connectivity index (χ0) is 10.4. The lowest BCUT2D eigenvalue weighted by atomic mass is 10.2. The van der Waals surface area contributed by atoms with E-state index in [4.69, 9.17) is 16.7 Å². The maximum atomic E-state index is 8.80. The summed E-state index contributed by atoms with van der Waals surface area (Å²) >= 11 is 7.44. The Labute approximate surface area is 93.9 Å². The highest BCUT2D eigenvalue weighted by Crippen LogP contribution is 2.21. The molecule has 2 nitrogen and oxygen atoms in total. The summed E-state index contributed by atoms with van der Waals surface area (Å²) in [5, 5.41) is 12.1. The van der Waals surface area contributed by atoms with Gasteiger partial charge in [0.1, 0.15) is 0 Å². The maximum absolute atomic E-state index is 8.80. The number of nitrogens with one attached hydrogen (secondary N) is 1. The molecule has 1 aromatic rings. The summed E-state index contributed by atoms with van der Waals surface area (Å²) in [6.07, 6.45) is 1.01. The fraction of sp³-hybridized carbons (Fsp3) is 0.600. The van der Waals surface area contributed by atoms with Crippen molar-refractivity contribution in [2.75, 3.05) is 19.7 Å². The zero-order valence-electron chi connectivity index (χ0n) is 8.29. The van der Waals surface area contributed by atoms with Crippen molar-refractivity contribution >= 4 is 22.9 Å². The number of halogens is 1. The summed E-state index contributed by atoms with van der Waals surface area (Å²) in [5.74, 6) is 0.335. The number of aliphatic hydroxyl groups excluding tert-OH is 1. The van der Waals surface area contributed by atoms with E-state index >= 15 is 0 Å². The molecular weight excluding hydrogens is 218 g/mol. The summed E-state index contributed by atoms with van der Waals surface area (Å²) in [4.78, 5) is 1.30. The largest absolute Gasteiger partial charge is 0.396 e. The van der Waals surface area contributed by atoms with Crippen LogP contribution in [-0.4, -0.2) is 24.8 Å². The van der Waals surface area contributed by atoms with E-state index < -0.39 is 0 Å². The minimum absolute atomic E-state index is 0.248. The van der Waals surface area contributed by atoms with Gasteiger partial charge in [-0.15, -0.1) is 11.3 Å². The van der Waals surface area contributed by atoms with Crippen molar-refractivity contribution in [3.05, 3.63) is 21.3 Å². The average Bonchev–Trinajstić information content (AvgIpc) is 2.58. The smallest absolute Gasteiger partial charge is 0.0931 e. The molecule has 80 valence electrons. The molecule has 1 heterocycles. The highest BCUT2D eigenvalue weighted by Gasteiger charge is 2.00. The van der Waals surface area contributed by atoms with E-state index in [2.05, 4.69) is 11.4 Å². The van der Waals surface area contributed by atoms with Crippen molar-refractivity contribution in [2.45, 2.75) is 13.3 Å². The van der Waals surface area contributed by atoms with E-state index in [-0.39, 0.29) is 6.61 Å². The van der Waals surface area contributed by atoms with Gasteiger partial charge in [0.2, 0.25) is 0 Å². The van der Waals surface area contributed by atoms with Gasteiger partial charge in [-0.05, 0) is 37.6 Å². The predicted octanol–water partition coefficient (Wildman–Crippen LogP) is 2.16. The summed E-state index contributed by atoms with van der Waals surface area (Å²) in [6.45, 7) is 4.09. The second kappa shape index (κ2) is 6.40. The minimum atomic E-state index is 0.248. The van der Waals surface area contributed by atoms with Crippen LogP contribution >= 0.6 is 22.9 Å². The van der Waals surface area contributed by atoms with E-state index in [1.54, 1.807) is 11.3 Å². The molecule has 4 heteroatoms. The second-order valence-corrected chi connectivity index (χ2v) is 5.25. The molecule has 0 aliphatic carbocycles. The van der Waals surface area contributed by atoms with E-state index in [9.17, 15) is 0 Å². The quantitative estimate of drug-likeness (QED) is 0.739. The molecule has 0 bridgehead atoms. The van der Waals surface area contributed by atoms with Gasteiger partial charge in [-0.3, -0.25) is 0 Å². The van der Waals surface area contributed by atoms with E-state index in [0.29, 0.717) is 5.92 Å². The Bertz CT molecular complexity index is 264. The molecule has 0 radical (unpaired) electrons. The number of hydrogen-bond acceptors (Lipinski definition) is 3. The van der Waals surface area contributed by atoms with Crippen LogP contribution in [-0.2, 0) is 6.42 Å². The third kappa shape index (κ3) is 4.42. The molecule has 0 fully saturated rings. The van der Waals surface area contributed by atoms with Crippen molar-refractivity contribution < 1.29 is 5.11 Å². The van der Waals surface area contributed by atoms with Crippen molar-refractivity contribution in [1.82, 2.24) is 5.32 Å². The lowest BCUT2D eigenvalue weighted by molar-refractivity contribution is 0.234. The molecule has 14 heavy (non-hydrogen) atoms. The molecule has 0 saturated carbocycles. The van der Waals surface area contributed by atoms with Gasteiger partial charge in [-0.1, -0.05) is 18.5 Å². The van der Waals surface area contributed by atoms with Crippen LogP contribution in [0, 0.1) is 5.92 Å². The highest BCUT2D eigenvalue weighted by molar-refractivity contribution is 7.16. The average molecular weight is 234 g/mol. The number of aliphatic hydroxyl groups is 1. The van der Waals surface area contributed by atoms with Gasteiger partial charge in [0.15, 0.2) is 0 Å². The fourth-order valence-electron chi connectivity index (χ4n) is 1.11. The van der Waals surface area contributed by atoms with Crippen LogP contribution in [0.4, 0.5) is 0 Å².